The SMILES string of the molecule is CCc1ncnc(NC2CCN(c3ccc(Cl)cn3)CC2)c1Cl. The highest BCUT2D eigenvalue weighted by atomic mass is 35.5. The van der Waals surface area contributed by atoms with Gasteiger partial charge in [-0.1, -0.05) is 30.1 Å². The van der Waals surface area contributed by atoms with Crippen LogP contribution in [0.2, 0.25) is 10.0 Å². The molecule has 7 heteroatoms. The molecule has 1 saturated heterocycles. The maximum Gasteiger partial charge on any atom is 0.148 e. The molecule has 0 radical (unpaired) electrons. The zero-order chi connectivity index (χ0) is 16.2. The van der Waals surface area contributed by atoms with Crippen LogP contribution >= 0.6 is 23.2 Å². The molecule has 1 aliphatic heterocycles. The Morgan fingerprint density at radius 1 is 1.17 bits per heavy atom. The van der Waals surface area contributed by atoms with E-state index in [4.69, 9.17) is 23.2 Å². The molecule has 3 heterocycles. The molecule has 2 aromatic rings. The second-order valence-corrected chi connectivity index (χ2v) is 6.39. The zero-order valence-electron chi connectivity index (χ0n) is 13.0. The van der Waals surface area contributed by atoms with Crippen molar-refractivity contribution in [1.29, 1.82) is 0 Å². The molecule has 23 heavy (non-hydrogen) atoms. The van der Waals surface area contributed by atoms with Gasteiger partial charge in [0.1, 0.15) is 23.0 Å². The van der Waals surface area contributed by atoms with E-state index in [0.29, 0.717) is 16.1 Å². The van der Waals surface area contributed by atoms with Gasteiger partial charge in [-0.15, -0.1) is 0 Å². The highest BCUT2D eigenvalue weighted by Crippen LogP contribution is 2.26. The number of aromatic nitrogens is 3. The monoisotopic (exact) mass is 351 g/mol. The van der Waals surface area contributed by atoms with E-state index in [1.165, 1.54) is 0 Å². The van der Waals surface area contributed by atoms with Gasteiger partial charge in [0.05, 0.1) is 10.7 Å². The van der Waals surface area contributed by atoms with E-state index in [-0.39, 0.29) is 0 Å². The van der Waals surface area contributed by atoms with Crippen molar-refractivity contribution < 1.29 is 0 Å². The van der Waals surface area contributed by atoms with Crippen molar-refractivity contribution in [3.8, 4) is 0 Å². The molecule has 122 valence electrons. The van der Waals surface area contributed by atoms with E-state index in [1.54, 1.807) is 12.5 Å². The number of anilines is 2. The quantitative estimate of drug-likeness (QED) is 0.907. The van der Waals surface area contributed by atoms with Gasteiger partial charge >= 0.3 is 0 Å². The van der Waals surface area contributed by atoms with Crippen LogP contribution in [0.1, 0.15) is 25.5 Å². The number of nitrogens with zero attached hydrogens (tertiary/aromatic N) is 4. The van der Waals surface area contributed by atoms with Gasteiger partial charge in [-0.25, -0.2) is 15.0 Å². The summed E-state index contributed by atoms with van der Waals surface area (Å²) < 4.78 is 0. The minimum atomic E-state index is 0.357. The van der Waals surface area contributed by atoms with Crippen molar-refractivity contribution in [2.45, 2.75) is 32.2 Å². The van der Waals surface area contributed by atoms with Gasteiger partial charge in [-0.2, -0.15) is 0 Å². The molecule has 0 unspecified atom stereocenters. The van der Waals surface area contributed by atoms with E-state index in [1.807, 2.05) is 19.1 Å². The predicted octanol–water partition coefficient (Wildman–Crippen LogP) is 3.82. The summed E-state index contributed by atoms with van der Waals surface area (Å²) in [7, 11) is 0. The summed E-state index contributed by atoms with van der Waals surface area (Å²) in [6.07, 6.45) is 6.07. The molecule has 0 bridgehead atoms. The van der Waals surface area contributed by atoms with Gasteiger partial charge in [-0.3, -0.25) is 0 Å². The van der Waals surface area contributed by atoms with Crippen molar-refractivity contribution in [3.05, 3.63) is 40.4 Å². The fourth-order valence-electron chi connectivity index (χ4n) is 2.75. The lowest BCUT2D eigenvalue weighted by Crippen LogP contribution is -2.39. The average molecular weight is 352 g/mol. The minimum Gasteiger partial charge on any atom is -0.366 e. The molecule has 0 spiro atoms. The number of aryl methyl sites for hydroxylation is 1. The van der Waals surface area contributed by atoms with Crippen molar-refractivity contribution in [3.63, 3.8) is 0 Å². The number of pyridine rings is 1. The van der Waals surface area contributed by atoms with Gasteiger partial charge < -0.3 is 10.2 Å². The van der Waals surface area contributed by atoms with Crippen LogP contribution in [0.5, 0.6) is 0 Å². The van der Waals surface area contributed by atoms with Gasteiger partial charge in [0.25, 0.3) is 0 Å². The van der Waals surface area contributed by atoms with E-state index in [9.17, 15) is 0 Å². The van der Waals surface area contributed by atoms with Crippen LogP contribution in [0.4, 0.5) is 11.6 Å². The van der Waals surface area contributed by atoms with Crippen molar-refractivity contribution in [2.24, 2.45) is 0 Å². The molecule has 3 rings (SSSR count). The molecule has 2 aromatic heterocycles. The molecule has 1 N–H and O–H groups in total. The van der Waals surface area contributed by atoms with E-state index < -0.39 is 0 Å². The molecule has 0 aliphatic carbocycles. The minimum absolute atomic E-state index is 0.357. The maximum absolute atomic E-state index is 6.35. The fraction of sp³-hybridized carbons (Fsp3) is 0.438. The van der Waals surface area contributed by atoms with Crippen molar-refractivity contribution in [2.75, 3.05) is 23.3 Å². The number of halogens is 2. The van der Waals surface area contributed by atoms with Crippen LogP contribution in [0.25, 0.3) is 0 Å². The molecule has 0 aromatic carbocycles. The van der Waals surface area contributed by atoms with Crippen LogP contribution < -0.4 is 10.2 Å². The van der Waals surface area contributed by atoms with Crippen LogP contribution in [0.3, 0.4) is 0 Å². The molecular weight excluding hydrogens is 333 g/mol. The molecule has 0 atom stereocenters. The Morgan fingerprint density at radius 2 is 1.96 bits per heavy atom. The summed E-state index contributed by atoms with van der Waals surface area (Å²) in [5.41, 5.74) is 0.881. The third-order valence-corrected chi connectivity index (χ3v) is 4.69. The Bertz CT molecular complexity index is 654. The summed E-state index contributed by atoms with van der Waals surface area (Å²) in [6.45, 7) is 3.92. The predicted molar refractivity (Wildman–Crippen MR) is 94.5 cm³/mol. The van der Waals surface area contributed by atoms with Gasteiger partial charge in [0.2, 0.25) is 0 Å². The third-order valence-electron chi connectivity index (χ3n) is 4.07. The third kappa shape index (κ3) is 3.85. The van der Waals surface area contributed by atoms with Crippen LogP contribution in [0.15, 0.2) is 24.7 Å². The first-order chi connectivity index (χ1) is 11.2. The van der Waals surface area contributed by atoms with Crippen LogP contribution in [-0.4, -0.2) is 34.1 Å². The highest BCUT2D eigenvalue weighted by Gasteiger charge is 2.21. The lowest BCUT2D eigenvalue weighted by molar-refractivity contribution is 0.522. The van der Waals surface area contributed by atoms with Crippen molar-refractivity contribution in [1.82, 2.24) is 15.0 Å². The van der Waals surface area contributed by atoms with E-state index in [2.05, 4.69) is 25.2 Å². The van der Waals surface area contributed by atoms with Crippen LogP contribution in [0, 0.1) is 0 Å². The Labute approximate surface area is 146 Å². The number of hydrogen-bond donors (Lipinski definition) is 1. The first-order valence-corrected chi connectivity index (χ1v) is 8.55. The van der Waals surface area contributed by atoms with E-state index >= 15 is 0 Å². The molecule has 1 aliphatic rings. The zero-order valence-corrected chi connectivity index (χ0v) is 14.5. The van der Waals surface area contributed by atoms with E-state index in [0.717, 1.165) is 49.7 Å². The van der Waals surface area contributed by atoms with Crippen LogP contribution in [-0.2, 0) is 6.42 Å². The number of hydrogen-bond acceptors (Lipinski definition) is 5. The number of piperidine rings is 1. The highest BCUT2D eigenvalue weighted by molar-refractivity contribution is 6.33. The summed E-state index contributed by atoms with van der Waals surface area (Å²) >= 11 is 12.2. The molecule has 1 fully saturated rings. The fourth-order valence-corrected chi connectivity index (χ4v) is 3.15. The Kier molecular flexibility index (Phi) is 5.18. The molecule has 0 saturated carbocycles. The lowest BCUT2D eigenvalue weighted by Gasteiger charge is -2.33. The average Bonchev–Trinajstić information content (AvgIpc) is 2.58. The summed E-state index contributed by atoms with van der Waals surface area (Å²) in [6, 6.07) is 4.20. The summed E-state index contributed by atoms with van der Waals surface area (Å²) in [4.78, 5) is 15.1. The summed E-state index contributed by atoms with van der Waals surface area (Å²) in [5.74, 6) is 1.71. The number of rotatable bonds is 4. The number of nitrogens with one attached hydrogen (secondary N) is 1. The van der Waals surface area contributed by atoms with Gasteiger partial charge in [0, 0.05) is 25.3 Å². The summed E-state index contributed by atoms with van der Waals surface area (Å²) in [5, 5.41) is 4.75. The molecule has 5 nitrogen and oxygen atoms in total. The second kappa shape index (κ2) is 7.32. The first-order valence-electron chi connectivity index (χ1n) is 7.79. The lowest BCUT2D eigenvalue weighted by atomic mass is 10.0. The Balaban J connectivity index is 1.60. The Hall–Kier alpha value is -1.59. The maximum atomic E-state index is 6.35. The standard InChI is InChI=1S/C16H19Cl2N5/c1-2-13-15(18)16(21-10-20-13)22-12-5-7-23(8-6-12)14-4-3-11(17)9-19-14/h3-4,9-10,12H,2,5-8H2,1H3,(H,20,21,22). The molecule has 0 amide bonds. The first kappa shape index (κ1) is 16.3. The Morgan fingerprint density at radius 3 is 2.61 bits per heavy atom. The van der Waals surface area contributed by atoms with Crippen molar-refractivity contribution >= 4 is 34.8 Å². The normalized spacial score (nSPS) is 15.7. The topological polar surface area (TPSA) is 53.9 Å². The smallest absolute Gasteiger partial charge is 0.148 e. The second-order valence-electron chi connectivity index (χ2n) is 5.58. The largest absolute Gasteiger partial charge is 0.366 e. The van der Waals surface area contributed by atoms with Gasteiger partial charge in [0.15, 0.2) is 0 Å². The van der Waals surface area contributed by atoms with Gasteiger partial charge in [-0.05, 0) is 31.4 Å². The molecular formula is C16H19Cl2N5.